The van der Waals surface area contributed by atoms with Gasteiger partial charge in [0.1, 0.15) is 11.3 Å². The standard InChI is InChI=1S/C27H21NO8/c29-24(18-8-11-19(12-9-18)28(32)33)34-23-13-10-17-6-2-3-7-20(17)21(23)16-22-25(30)35-27(36-26(22)31)14-4-1-5-15-27/h2-3,6-13,16H,1,4-5,14-15H2. The van der Waals surface area contributed by atoms with Crippen LogP contribution >= 0.6 is 0 Å². The summed E-state index contributed by atoms with van der Waals surface area (Å²) in [4.78, 5) is 48.9. The van der Waals surface area contributed by atoms with Crippen LogP contribution in [0.1, 0.15) is 48.0 Å². The van der Waals surface area contributed by atoms with E-state index in [0.29, 0.717) is 23.8 Å². The van der Waals surface area contributed by atoms with Gasteiger partial charge in [-0.3, -0.25) is 10.1 Å². The highest BCUT2D eigenvalue weighted by Crippen LogP contribution is 2.38. The Kier molecular flexibility index (Phi) is 5.97. The van der Waals surface area contributed by atoms with Crippen molar-refractivity contribution >= 4 is 40.4 Å². The van der Waals surface area contributed by atoms with Gasteiger partial charge in [-0.15, -0.1) is 0 Å². The van der Waals surface area contributed by atoms with Gasteiger partial charge in [-0.2, -0.15) is 0 Å². The summed E-state index contributed by atoms with van der Waals surface area (Å²) in [6.45, 7) is 0. The maximum absolute atomic E-state index is 12.9. The summed E-state index contributed by atoms with van der Waals surface area (Å²) >= 11 is 0. The molecule has 9 heteroatoms. The number of esters is 3. The van der Waals surface area contributed by atoms with Crippen LogP contribution in [0.15, 0.2) is 66.2 Å². The molecular weight excluding hydrogens is 466 g/mol. The average Bonchev–Trinajstić information content (AvgIpc) is 2.87. The lowest BCUT2D eigenvalue weighted by Crippen LogP contribution is -2.47. The van der Waals surface area contributed by atoms with Crippen molar-refractivity contribution in [3.8, 4) is 5.75 Å². The number of nitro groups is 1. The molecule has 0 aromatic heterocycles. The molecular formula is C27H21NO8. The molecule has 3 aromatic carbocycles. The van der Waals surface area contributed by atoms with E-state index in [4.69, 9.17) is 14.2 Å². The molecule has 0 N–H and O–H groups in total. The summed E-state index contributed by atoms with van der Waals surface area (Å²) in [5, 5.41) is 12.3. The van der Waals surface area contributed by atoms with Gasteiger partial charge in [0.05, 0.1) is 10.5 Å². The second kappa shape index (κ2) is 9.26. The molecule has 1 heterocycles. The van der Waals surface area contributed by atoms with Gasteiger partial charge in [0.25, 0.3) is 11.5 Å². The number of hydrogen-bond donors (Lipinski definition) is 0. The number of nitrogens with zero attached hydrogens (tertiary/aromatic N) is 1. The summed E-state index contributed by atoms with van der Waals surface area (Å²) < 4.78 is 16.8. The van der Waals surface area contributed by atoms with Gasteiger partial charge in [-0.05, 0) is 47.9 Å². The highest BCUT2D eigenvalue weighted by Gasteiger charge is 2.46. The van der Waals surface area contributed by atoms with Crippen molar-refractivity contribution < 1.29 is 33.5 Å². The summed E-state index contributed by atoms with van der Waals surface area (Å²) in [6, 6.07) is 15.5. The summed E-state index contributed by atoms with van der Waals surface area (Å²) in [6.07, 6.45) is 4.83. The minimum Gasteiger partial charge on any atom is -0.422 e. The number of ether oxygens (including phenoxy) is 3. The van der Waals surface area contributed by atoms with Crippen molar-refractivity contribution in [1.29, 1.82) is 0 Å². The quantitative estimate of drug-likeness (QED) is 0.124. The molecule has 2 fully saturated rings. The number of hydrogen-bond acceptors (Lipinski definition) is 8. The lowest BCUT2D eigenvalue weighted by molar-refractivity contribution is -0.384. The monoisotopic (exact) mass is 487 g/mol. The van der Waals surface area contributed by atoms with Crippen LogP contribution in [-0.4, -0.2) is 28.6 Å². The molecule has 9 nitrogen and oxygen atoms in total. The topological polar surface area (TPSA) is 122 Å². The summed E-state index contributed by atoms with van der Waals surface area (Å²) in [5.74, 6) is -3.44. The summed E-state index contributed by atoms with van der Waals surface area (Å²) in [7, 11) is 0. The van der Waals surface area contributed by atoms with Gasteiger partial charge in [0, 0.05) is 30.5 Å². The molecule has 36 heavy (non-hydrogen) atoms. The normalized spacial score (nSPS) is 16.8. The fourth-order valence-corrected chi connectivity index (χ4v) is 4.50. The minimum atomic E-state index is -1.21. The Labute approximate surface area is 205 Å². The Bertz CT molecular complexity index is 1400. The van der Waals surface area contributed by atoms with Gasteiger partial charge in [-0.25, -0.2) is 14.4 Å². The van der Waals surface area contributed by atoms with Crippen LogP contribution in [0.2, 0.25) is 0 Å². The molecule has 1 spiro atoms. The zero-order chi connectivity index (χ0) is 25.3. The van der Waals surface area contributed by atoms with Crippen molar-refractivity contribution in [2.75, 3.05) is 0 Å². The first-order valence-corrected chi connectivity index (χ1v) is 11.5. The van der Waals surface area contributed by atoms with E-state index in [1.54, 1.807) is 24.3 Å². The maximum atomic E-state index is 12.9. The van der Waals surface area contributed by atoms with Crippen LogP contribution in [0.4, 0.5) is 5.69 Å². The number of carbonyl (C=O) groups is 3. The highest BCUT2D eigenvalue weighted by atomic mass is 16.7. The zero-order valence-electron chi connectivity index (χ0n) is 19.1. The van der Waals surface area contributed by atoms with Crippen molar-refractivity contribution in [3.63, 3.8) is 0 Å². The number of benzene rings is 3. The van der Waals surface area contributed by atoms with E-state index in [-0.39, 0.29) is 22.6 Å². The van der Waals surface area contributed by atoms with Crippen molar-refractivity contribution in [2.45, 2.75) is 37.9 Å². The lowest BCUT2D eigenvalue weighted by Gasteiger charge is -2.38. The van der Waals surface area contributed by atoms with E-state index in [9.17, 15) is 24.5 Å². The molecule has 182 valence electrons. The number of non-ortho nitro benzene ring substituents is 1. The fraction of sp³-hybridized carbons (Fsp3) is 0.222. The first-order valence-electron chi connectivity index (χ1n) is 11.5. The van der Waals surface area contributed by atoms with Gasteiger partial charge in [0.15, 0.2) is 0 Å². The smallest absolute Gasteiger partial charge is 0.348 e. The average molecular weight is 487 g/mol. The zero-order valence-corrected chi connectivity index (χ0v) is 19.1. The molecule has 0 atom stereocenters. The Morgan fingerprint density at radius 3 is 2.25 bits per heavy atom. The number of rotatable bonds is 4. The van der Waals surface area contributed by atoms with Gasteiger partial charge < -0.3 is 14.2 Å². The molecule has 1 saturated carbocycles. The number of carbonyl (C=O) groups excluding carboxylic acids is 3. The second-order valence-electron chi connectivity index (χ2n) is 8.70. The Morgan fingerprint density at radius 1 is 0.917 bits per heavy atom. The van der Waals surface area contributed by atoms with E-state index in [1.807, 2.05) is 12.1 Å². The van der Waals surface area contributed by atoms with Crippen LogP contribution in [0.3, 0.4) is 0 Å². The predicted molar refractivity (Wildman–Crippen MR) is 128 cm³/mol. The van der Waals surface area contributed by atoms with Gasteiger partial charge in [-0.1, -0.05) is 36.8 Å². The minimum absolute atomic E-state index is 0.100. The van der Waals surface area contributed by atoms with Crippen molar-refractivity contribution in [1.82, 2.24) is 0 Å². The molecule has 5 rings (SSSR count). The fourth-order valence-electron chi connectivity index (χ4n) is 4.50. The molecule has 2 aliphatic rings. The highest BCUT2D eigenvalue weighted by molar-refractivity contribution is 6.20. The molecule has 0 radical (unpaired) electrons. The van der Waals surface area contributed by atoms with Crippen LogP contribution in [-0.2, 0) is 19.1 Å². The molecule has 3 aromatic rings. The van der Waals surface area contributed by atoms with E-state index in [1.165, 1.54) is 30.3 Å². The van der Waals surface area contributed by atoms with Crippen LogP contribution in [0.5, 0.6) is 5.75 Å². The maximum Gasteiger partial charge on any atom is 0.348 e. The van der Waals surface area contributed by atoms with Crippen LogP contribution in [0.25, 0.3) is 16.8 Å². The van der Waals surface area contributed by atoms with E-state index < -0.39 is 28.6 Å². The van der Waals surface area contributed by atoms with Crippen LogP contribution < -0.4 is 4.74 Å². The van der Waals surface area contributed by atoms with E-state index in [2.05, 4.69) is 0 Å². The molecule has 1 aliphatic heterocycles. The molecule has 1 aliphatic carbocycles. The molecule has 0 amide bonds. The molecule has 0 bridgehead atoms. The van der Waals surface area contributed by atoms with E-state index in [0.717, 1.165) is 24.6 Å². The second-order valence-corrected chi connectivity index (χ2v) is 8.70. The Balaban J connectivity index is 1.51. The molecule has 1 saturated heterocycles. The first kappa shape index (κ1) is 23.2. The third-order valence-corrected chi connectivity index (χ3v) is 6.35. The third-order valence-electron chi connectivity index (χ3n) is 6.35. The van der Waals surface area contributed by atoms with Gasteiger partial charge >= 0.3 is 17.9 Å². The molecule has 0 unspecified atom stereocenters. The van der Waals surface area contributed by atoms with E-state index >= 15 is 0 Å². The van der Waals surface area contributed by atoms with Crippen LogP contribution in [0, 0.1) is 10.1 Å². The SMILES string of the molecule is O=C1OC2(CCCCC2)OC(=O)C1=Cc1c(OC(=O)c2ccc([N+](=O)[O-])cc2)ccc2ccccc12. The lowest BCUT2D eigenvalue weighted by atomic mass is 9.93. The number of nitro benzene ring substituents is 1. The van der Waals surface area contributed by atoms with Crippen molar-refractivity contribution in [2.24, 2.45) is 0 Å². The third kappa shape index (κ3) is 4.43. The Morgan fingerprint density at radius 2 is 1.58 bits per heavy atom. The largest absolute Gasteiger partial charge is 0.422 e. The summed E-state index contributed by atoms with van der Waals surface area (Å²) in [5.41, 5.74) is -0.0298. The predicted octanol–water partition coefficient (Wildman–Crippen LogP) is 5.11. The van der Waals surface area contributed by atoms with Crippen molar-refractivity contribution in [3.05, 3.63) is 87.5 Å². The number of fused-ring (bicyclic) bond motifs is 1. The van der Waals surface area contributed by atoms with Gasteiger partial charge in [0.2, 0.25) is 0 Å². The first-order chi connectivity index (χ1) is 17.3. The Hall–Kier alpha value is -4.53.